The fourth-order valence-corrected chi connectivity index (χ4v) is 1.41. The topological polar surface area (TPSA) is 58.3 Å². The van der Waals surface area contributed by atoms with Gasteiger partial charge < -0.3 is 10.2 Å². The zero-order valence-corrected chi connectivity index (χ0v) is 9.06. The summed E-state index contributed by atoms with van der Waals surface area (Å²) in [5.74, 6) is 0.236. The van der Waals surface area contributed by atoms with Gasteiger partial charge in [0.2, 0.25) is 0 Å². The molecule has 2 atom stereocenters. The monoisotopic (exact) mass is 216 g/mol. The fourth-order valence-electron chi connectivity index (χ4n) is 1.21. The van der Waals surface area contributed by atoms with E-state index >= 15 is 0 Å². The molecule has 80 valence electrons. The van der Waals surface area contributed by atoms with Crippen molar-refractivity contribution in [2.45, 2.75) is 32.1 Å². The molecule has 1 aromatic rings. The molecule has 0 aliphatic carbocycles. The lowest BCUT2D eigenvalue weighted by atomic mass is 10.1. The van der Waals surface area contributed by atoms with Crippen molar-refractivity contribution < 1.29 is 10.2 Å². The van der Waals surface area contributed by atoms with Gasteiger partial charge in [-0.3, -0.25) is 4.68 Å². The van der Waals surface area contributed by atoms with Gasteiger partial charge in [0, 0.05) is 24.1 Å². The highest BCUT2D eigenvalue weighted by Crippen LogP contribution is 2.16. The Morgan fingerprint density at radius 2 is 2.29 bits per heavy atom. The largest absolute Gasteiger partial charge is 0.389 e. The summed E-state index contributed by atoms with van der Waals surface area (Å²) in [6, 6.07) is 0. The zero-order chi connectivity index (χ0) is 10.6. The average Bonchev–Trinajstić information content (AvgIpc) is 2.64. The number of thiol groups is 1. The molecular weight excluding hydrogens is 200 g/mol. The van der Waals surface area contributed by atoms with Crippen LogP contribution in [0.5, 0.6) is 0 Å². The highest BCUT2D eigenvalue weighted by Gasteiger charge is 2.18. The molecule has 0 aromatic carbocycles. The lowest BCUT2D eigenvalue weighted by Crippen LogP contribution is -2.19. The molecule has 5 heteroatoms. The Balaban J connectivity index is 2.65. The Labute approximate surface area is 89.0 Å². The predicted molar refractivity (Wildman–Crippen MR) is 57.3 cm³/mol. The highest BCUT2D eigenvalue weighted by atomic mass is 32.1. The molecule has 0 aliphatic heterocycles. The molecule has 0 fully saturated rings. The summed E-state index contributed by atoms with van der Waals surface area (Å²) in [6.45, 7) is 2.88. The highest BCUT2D eigenvalue weighted by molar-refractivity contribution is 7.80. The van der Waals surface area contributed by atoms with Crippen molar-refractivity contribution in [1.82, 2.24) is 9.78 Å². The summed E-state index contributed by atoms with van der Waals surface area (Å²) >= 11 is 3.92. The molecule has 0 radical (unpaired) electrons. The quantitative estimate of drug-likeness (QED) is 0.632. The first-order valence-corrected chi connectivity index (χ1v) is 5.31. The SMILES string of the molecule is CCCn1cc(C(O)C(O)CS)cn1. The smallest absolute Gasteiger partial charge is 0.109 e. The summed E-state index contributed by atoms with van der Waals surface area (Å²) < 4.78 is 1.75. The van der Waals surface area contributed by atoms with Crippen LogP contribution in [-0.4, -0.2) is 31.9 Å². The number of hydrogen-bond acceptors (Lipinski definition) is 4. The van der Waals surface area contributed by atoms with Crippen LogP contribution in [0.4, 0.5) is 0 Å². The van der Waals surface area contributed by atoms with Gasteiger partial charge in [-0.2, -0.15) is 17.7 Å². The van der Waals surface area contributed by atoms with E-state index in [2.05, 4.69) is 24.7 Å². The van der Waals surface area contributed by atoms with Gasteiger partial charge in [-0.1, -0.05) is 6.92 Å². The second kappa shape index (κ2) is 5.38. The van der Waals surface area contributed by atoms with Crippen LogP contribution in [0.25, 0.3) is 0 Å². The second-order valence-electron chi connectivity index (χ2n) is 3.23. The number of aromatic nitrogens is 2. The Hall–Kier alpha value is -0.520. The third-order valence-electron chi connectivity index (χ3n) is 2.00. The average molecular weight is 216 g/mol. The first kappa shape index (κ1) is 11.6. The van der Waals surface area contributed by atoms with Crippen LogP contribution in [0.3, 0.4) is 0 Å². The van der Waals surface area contributed by atoms with Crippen LogP contribution in [0.1, 0.15) is 25.0 Å². The van der Waals surface area contributed by atoms with Crippen molar-refractivity contribution in [2.75, 3.05) is 5.75 Å². The minimum atomic E-state index is -0.891. The van der Waals surface area contributed by atoms with Crippen molar-refractivity contribution in [2.24, 2.45) is 0 Å². The van der Waals surface area contributed by atoms with E-state index in [0.717, 1.165) is 13.0 Å². The van der Waals surface area contributed by atoms with E-state index in [4.69, 9.17) is 0 Å². The molecule has 1 aromatic heterocycles. The molecule has 0 saturated carbocycles. The van der Waals surface area contributed by atoms with Gasteiger partial charge in [0.1, 0.15) is 6.10 Å². The van der Waals surface area contributed by atoms with Crippen LogP contribution in [0.2, 0.25) is 0 Å². The van der Waals surface area contributed by atoms with Crippen LogP contribution in [0.15, 0.2) is 12.4 Å². The molecule has 0 spiro atoms. The van der Waals surface area contributed by atoms with Crippen LogP contribution in [-0.2, 0) is 6.54 Å². The molecule has 0 bridgehead atoms. The van der Waals surface area contributed by atoms with Gasteiger partial charge in [0.05, 0.1) is 12.3 Å². The van der Waals surface area contributed by atoms with E-state index < -0.39 is 12.2 Å². The van der Waals surface area contributed by atoms with E-state index in [1.165, 1.54) is 0 Å². The second-order valence-corrected chi connectivity index (χ2v) is 3.60. The standard InChI is InChI=1S/C9H16N2O2S/c1-2-3-11-5-7(4-10-11)9(13)8(12)6-14/h4-5,8-9,12-14H,2-3,6H2,1H3. The van der Waals surface area contributed by atoms with Crippen LogP contribution < -0.4 is 0 Å². The number of nitrogens with zero attached hydrogens (tertiary/aromatic N) is 2. The third kappa shape index (κ3) is 2.73. The maximum Gasteiger partial charge on any atom is 0.109 e. The molecule has 2 unspecified atom stereocenters. The summed E-state index contributed by atoms with van der Waals surface area (Å²) in [6.07, 6.45) is 2.59. The molecule has 1 rings (SSSR count). The minimum absolute atomic E-state index is 0.236. The Bertz CT molecular complexity index is 278. The fraction of sp³-hybridized carbons (Fsp3) is 0.667. The normalized spacial score (nSPS) is 15.4. The van der Waals surface area contributed by atoms with Crippen molar-refractivity contribution in [3.63, 3.8) is 0 Å². The van der Waals surface area contributed by atoms with Crippen LogP contribution in [0, 0.1) is 0 Å². The molecular formula is C9H16N2O2S. The summed E-state index contributed by atoms with van der Waals surface area (Å²) in [7, 11) is 0. The molecule has 0 amide bonds. The summed E-state index contributed by atoms with van der Waals surface area (Å²) in [5, 5.41) is 23.0. The Morgan fingerprint density at radius 1 is 1.57 bits per heavy atom. The van der Waals surface area contributed by atoms with Gasteiger partial charge in [-0.15, -0.1) is 0 Å². The molecule has 1 heterocycles. The van der Waals surface area contributed by atoms with Crippen molar-refractivity contribution >= 4 is 12.6 Å². The van der Waals surface area contributed by atoms with Crippen molar-refractivity contribution in [1.29, 1.82) is 0 Å². The van der Waals surface area contributed by atoms with E-state index in [1.54, 1.807) is 17.1 Å². The predicted octanol–water partition coefficient (Wildman–Crippen LogP) is 0.617. The zero-order valence-electron chi connectivity index (χ0n) is 8.17. The molecule has 0 aliphatic rings. The number of rotatable bonds is 5. The van der Waals surface area contributed by atoms with Gasteiger partial charge in [0.15, 0.2) is 0 Å². The van der Waals surface area contributed by atoms with Gasteiger partial charge in [-0.25, -0.2) is 0 Å². The minimum Gasteiger partial charge on any atom is -0.389 e. The summed E-state index contributed by atoms with van der Waals surface area (Å²) in [4.78, 5) is 0. The third-order valence-corrected chi connectivity index (χ3v) is 2.37. The van der Waals surface area contributed by atoms with Gasteiger partial charge in [0.25, 0.3) is 0 Å². The number of aliphatic hydroxyl groups is 2. The van der Waals surface area contributed by atoms with Crippen molar-refractivity contribution in [3.05, 3.63) is 18.0 Å². The number of aliphatic hydroxyl groups excluding tert-OH is 2. The van der Waals surface area contributed by atoms with Crippen molar-refractivity contribution in [3.8, 4) is 0 Å². The number of hydrogen-bond donors (Lipinski definition) is 3. The van der Waals surface area contributed by atoms with E-state index in [-0.39, 0.29) is 5.75 Å². The van der Waals surface area contributed by atoms with Gasteiger partial charge >= 0.3 is 0 Å². The molecule has 14 heavy (non-hydrogen) atoms. The van der Waals surface area contributed by atoms with Gasteiger partial charge in [-0.05, 0) is 6.42 Å². The molecule has 0 saturated heterocycles. The van der Waals surface area contributed by atoms with E-state index in [1.807, 2.05) is 0 Å². The lowest BCUT2D eigenvalue weighted by molar-refractivity contribution is 0.0337. The Morgan fingerprint density at radius 3 is 2.86 bits per heavy atom. The van der Waals surface area contributed by atoms with E-state index in [0.29, 0.717) is 5.56 Å². The first-order valence-electron chi connectivity index (χ1n) is 4.68. The molecule has 4 nitrogen and oxygen atoms in total. The van der Waals surface area contributed by atoms with Crippen LogP contribution >= 0.6 is 12.6 Å². The molecule has 2 N–H and O–H groups in total. The summed E-state index contributed by atoms with van der Waals surface area (Å²) in [5.41, 5.74) is 0.639. The van der Waals surface area contributed by atoms with E-state index in [9.17, 15) is 10.2 Å². The first-order chi connectivity index (χ1) is 6.69. The lowest BCUT2D eigenvalue weighted by Gasteiger charge is -2.13. The maximum atomic E-state index is 9.62. The maximum absolute atomic E-state index is 9.62. The number of aryl methyl sites for hydroxylation is 1. The Kier molecular flexibility index (Phi) is 4.44.